The zero-order valence-corrected chi connectivity index (χ0v) is 15.3. The van der Waals surface area contributed by atoms with Gasteiger partial charge in [0.1, 0.15) is 6.29 Å². The molecule has 0 unspecified atom stereocenters. The van der Waals surface area contributed by atoms with E-state index in [0.29, 0.717) is 0 Å². The molecule has 3 heteroatoms. The van der Waals surface area contributed by atoms with E-state index in [-0.39, 0.29) is 17.0 Å². The zero-order valence-electron chi connectivity index (χ0n) is 14.4. The number of carbonyl (C=O) groups excluding carboxylic acids is 2. The van der Waals surface area contributed by atoms with Gasteiger partial charge in [-0.05, 0) is 55.2 Å². The Kier molecular flexibility index (Phi) is 5.43. The van der Waals surface area contributed by atoms with Crippen molar-refractivity contribution in [2.45, 2.75) is 42.4 Å². The largest absolute Gasteiger partial charge is 0.298 e. The maximum Gasteiger partial charge on any atom is 0.205 e. The molecule has 1 spiro atoms. The molecule has 0 radical (unpaired) electrons. The summed E-state index contributed by atoms with van der Waals surface area (Å²) in [6.07, 6.45) is 10.9. The van der Waals surface area contributed by atoms with Crippen molar-refractivity contribution in [1.29, 1.82) is 0 Å². The van der Waals surface area contributed by atoms with E-state index in [1.165, 1.54) is 11.8 Å². The number of hydrogen-bond donors (Lipinski definition) is 0. The molecule has 0 fully saturated rings. The van der Waals surface area contributed by atoms with Gasteiger partial charge in [0.05, 0.1) is 5.41 Å². The fourth-order valence-electron chi connectivity index (χ4n) is 4.54. The molecule has 1 heterocycles. The van der Waals surface area contributed by atoms with Crippen LogP contribution in [0.3, 0.4) is 0 Å². The van der Waals surface area contributed by atoms with Crippen molar-refractivity contribution in [1.82, 2.24) is 0 Å². The summed E-state index contributed by atoms with van der Waals surface area (Å²) in [4.78, 5) is 26.2. The molecule has 130 valence electrons. The summed E-state index contributed by atoms with van der Waals surface area (Å²) >= 11 is 1.35. The third-order valence-corrected chi connectivity index (χ3v) is 6.72. The fraction of sp³-hybridized carbons (Fsp3) is 0.364. The Morgan fingerprint density at radius 3 is 2.60 bits per heavy atom. The second kappa shape index (κ2) is 7.57. The van der Waals surface area contributed by atoms with Gasteiger partial charge in [0.2, 0.25) is 5.12 Å². The smallest absolute Gasteiger partial charge is 0.205 e. The molecule has 0 bridgehead atoms. The summed E-state index contributed by atoms with van der Waals surface area (Å²) in [7, 11) is 0. The van der Waals surface area contributed by atoms with Crippen molar-refractivity contribution in [2.24, 2.45) is 11.8 Å². The van der Waals surface area contributed by atoms with Crippen LogP contribution in [-0.4, -0.2) is 11.4 Å². The molecule has 1 aliphatic heterocycles. The monoisotopic (exact) mass is 352 g/mol. The van der Waals surface area contributed by atoms with Crippen LogP contribution < -0.4 is 0 Å². The van der Waals surface area contributed by atoms with Gasteiger partial charge < -0.3 is 0 Å². The summed E-state index contributed by atoms with van der Waals surface area (Å²) in [5, 5.41) is 0.198. The van der Waals surface area contributed by atoms with Gasteiger partial charge in [-0.1, -0.05) is 48.2 Å². The first-order chi connectivity index (χ1) is 12.2. The van der Waals surface area contributed by atoms with Crippen LogP contribution in [0.1, 0.15) is 37.7 Å². The van der Waals surface area contributed by atoms with Gasteiger partial charge in [0.15, 0.2) is 0 Å². The average molecular weight is 352 g/mol. The van der Waals surface area contributed by atoms with Crippen molar-refractivity contribution in [2.75, 3.05) is 0 Å². The Hall–Kier alpha value is -1.87. The van der Waals surface area contributed by atoms with E-state index >= 15 is 0 Å². The quantitative estimate of drug-likeness (QED) is 0.496. The number of aldehydes is 1. The Balaban J connectivity index is 2.18. The second-order valence-electron chi connectivity index (χ2n) is 6.79. The molecule has 2 aliphatic rings. The molecule has 0 N–H and O–H groups in total. The normalized spacial score (nSPS) is 27.7. The zero-order chi connectivity index (χ0) is 17.9. The number of carbonyl (C=O) groups is 2. The molecule has 0 amide bonds. The lowest BCUT2D eigenvalue weighted by Crippen LogP contribution is -2.49. The van der Waals surface area contributed by atoms with Gasteiger partial charge >= 0.3 is 0 Å². The molecule has 1 aliphatic carbocycles. The highest BCUT2D eigenvalue weighted by molar-refractivity contribution is 8.14. The number of benzene rings is 1. The number of hydrogen-bond acceptors (Lipinski definition) is 3. The van der Waals surface area contributed by atoms with Crippen LogP contribution in [0, 0.1) is 11.8 Å². The predicted molar refractivity (Wildman–Crippen MR) is 104 cm³/mol. The lowest BCUT2D eigenvalue weighted by Gasteiger charge is -2.45. The van der Waals surface area contributed by atoms with Gasteiger partial charge in [0, 0.05) is 10.8 Å². The van der Waals surface area contributed by atoms with Crippen molar-refractivity contribution in [3.8, 4) is 0 Å². The highest BCUT2D eigenvalue weighted by Crippen LogP contribution is 2.59. The van der Waals surface area contributed by atoms with Gasteiger partial charge in [-0.25, -0.2) is 0 Å². The molecule has 0 saturated heterocycles. The number of rotatable bonds is 7. The van der Waals surface area contributed by atoms with Crippen LogP contribution in [0.5, 0.6) is 0 Å². The Morgan fingerprint density at radius 2 is 1.88 bits per heavy atom. The highest BCUT2D eigenvalue weighted by atomic mass is 32.2. The number of fused-ring (bicyclic) bond motifs is 2. The number of thioether (sulfide) groups is 1. The van der Waals surface area contributed by atoms with E-state index in [1.54, 1.807) is 0 Å². The SMILES string of the molecule is C=CCC[C@@H]1CC=C(C=O)[C@@H](CCC=C)[C@]12C(=O)Sc1ccccc12. The summed E-state index contributed by atoms with van der Waals surface area (Å²) in [5.41, 5.74) is 1.29. The molecule has 1 aromatic rings. The predicted octanol–water partition coefficient (Wildman–Crippen LogP) is 5.25. The Morgan fingerprint density at radius 1 is 1.16 bits per heavy atom. The average Bonchev–Trinajstić information content (AvgIpc) is 2.92. The molecule has 1 aromatic carbocycles. The van der Waals surface area contributed by atoms with E-state index in [0.717, 1.165) is 54.4 Å². The van der Waals surface area contributed by atoms with Gasteiger partial charge in [0.25, 0.3) is 0 Å². The third-order valence-electron chi connectivity index (χ3n) is 5.62. The van der Waals surface area contributed by atoms with Crippen LogP contribution in [0.2, 0.25) is 0 Å². The van der Waals surface area contributed by atoms with E-state index in [1.807, 2.05) is 30.4 Å². The van der Waals surface area contributed by atoms with Crippen molar-refractivity contribution >= 4 is 23.2 Å². The lowest BCUT2D eigenvalue weighted by molar-refractivity contribution is -0.120. The van der Waals surface area contributed by atoms with Crippen LogP contribution >= 0.6 is 11.8 Å². The van der Waals surface area contributed by atoms with Crippen LogP contribution in [0.4, 0.5) is 0 Å². The topological polar surface area (TPSA) is 34.1 Å². The van der Waals surface area contributed by atoms with E-state index in [2.05, 4.69) is 25.3 Å². The minimum atomic E-state index is -0.599. The minimum Gasteiger partial charge on any atom is -0.298 e. The third kappa shape index (κ3) is 2.85. The summed E-state index contributed by atoms with van der Waals surface area (Å²) < 4.78 is 0. The molecule has 25 heavy (non-hydrogen) atoms. The number of allylic oxidation sites excluding steroid dienone is 4. The first-order valence-corrected chi connectivity index (χ1v) is 9.70. The second-order valence-corrected chi connectivity index (χ2v) is 7.81. The first-order valence-electron chi connectivity index (χ1n) is 8.88. The van der Waals surface area contributed by atoms with Gasteiger partial charge in [-0.2, -0.15) is 0 Å². The highest BCUT2D eigenvalue weighted by Gasteiger charge is 2.58. The van der Waals surface area contributed by atoms with E-state index in [9.17, 15) is 9.59 Å². The minimum absolute atomic E-state index is 0.0739. The van der Waals surface area contributed by atoms with Crippen molar-refractivity contribution < 1.29 is 9.59 Å². The van der Waals surface area contributed by atoms with Crippen LogP contribution in [0.15, 0.2) is 66.1 Å². The Bertz CT molecular complexity index is 733. The first kappa shape index (κ1) is 17.9. The van der Waals surface area contributed by atoms with Crippen molar-refractivity contribution in [3.63, 3.8) is 0 Å². The summed E-state index contributed by atoms with van der Waals surface area (Å²) in [6.45, 7) is 7.68. The molecule has 3 atom stereocenters. The van der Waals surface area contributed by atoms with Crippen LogP contribution in [-0.2, 0) is 15.0 Å². The van der Waals surface area contributed by atoms with E-state index in [4.69, 9.17) is 0 Å². The van der Waals surface area contributed by atoms with Crippen LogP contribution in [0.25, 0.3) is 0 Å². The van der Waals surface area contributed by atoms with Crippen molar-refractivity contribution in [3.05, 3.63) is 66.8 Å². The summed E-state index contributed by atoms with van der Waals surface area (Å²) in [6, 6.07) is 8.10. The molecule has 0 aromatic heterocycles. The van der Waals surface area contributed by atoms with E-state index < -0.39 is 5.41 Å². The standard InChI is InChI=1S/C22H24O2S/c1-3-5-9-17-14-13-16(15-23)18(10-6-4-2)22(17)19-11-7-8-12-20(19)25-21(22)24/h3-4,7-8,11-13,15,17-18H,1-2,5-6,9-10,14H2/t17-,18-,22-/m1/s1. The maximum absolute atomic E-state index is 13.4. The lowest BCUT2D eigenvalue weighted by atomic mass is 9.55. The van der Waals surface area contributed by atoms with Gasteiger partial charge in [-0.3, -0.25) is 9.59 Å². The Labute approximate surface area is 154 Å². The molecule has 0 saturated carbocycles. The van der Waals surface area contributed by atoms with Gasteiger partial charge in [-0.15, -0.1) is 13.2 Å². The summed E-state index contributed by atoms with van der Waals surface area (Å²) in [5.74, 6) is 0.128. The molecule has 3 rings (SSSR count). The molecular formula is C22H24O2S. The maximum atomic E-state index is 13.4. The molecule has 2 nitrogen and oxygen atoms in total. The molecular weight excluding hydrogens is 328 g/mol. The fourth-order valence-corrected chi connectivity index (χ4v) is 5.82.